The normalized spacial score (nSPS) is 10.4. The third kappa shape index (κ3) is 5.35. The Bertz CT molecular complexity index is 1080. The van der Waals surface area contributed by atoms with E-state index in [0.717, 1.165) is 5.56 Å². The summed E-state index contributed by atoms with van der Waals surface area (Å²) in [6, 6.07) is 6.96. The lowest BCUT2D eigenvalue weighted by molar-refractivity contribution is -0.121. The second-order valence-electron chi connectivity index (χ2n) is 6.50. The summed E-state index contributed by atoms with van der Waals surface area (Å²) in [6.07, 6.45) is 3.60. The molecule has 0 radical (unpaired) electrons. The molecule has 2 aromatic heterocycles. The van der Waals surface area contributed by atoms with Gasteiger partial charge in [0.1, 0.15) is 5.69 Å². The number of hydrogen-bond acceptors (Lipinski definition) is 8. The molecule has 31 heavy (non-hydrogen) atoms. The lowest BCUT2D eigenvalue weighted by Crippen LogP contribution is -2.25. The zero-order chi connectivity index (χ0) is 22.2. The monoisotopic (exact) mass is 425 g/mol. The Hall–Kier alpha value is -3.95. The van der Waals surface area contributed by atoms with Crippen LogP contribution >= 0.6 is 0 Å². The standard InChI is InChI=1S/C21H23N5O5/c1-29-16-10-14(11-17(30-2)19(16)31-3)20-24-21(28)15(25-26-20)4-5-18(27)23-12-13-6-8-22-9-7-13/h6-11H,4-5,12H2,1-3H3,(H,23,27)(H,24,26,28). The predicted octanol–water partition coefficient (Wildman–Crippen LogP) is 1.50. The Kier molecular flexibility index (Phi) is 7.15. The summed E-state index contributed by atoms with van der Waals surface area (Å²) >= 11 is 0. The molecule has 10 heteroatoms. The van der Waals surface area contributed by atoms with Crippen LogP contribution in [0.25, 0.3) is 11.4 Å². The summed E-state index contributed by atoms with van der Waals surface area (Å²) in [6.45, 7) is 0.392. The average molecular weight is 425 g/mol. The quantitative estimate of drug-likeness (QED) is 0.528. The van der Waals surface area contributed by atoms with E-state index in [0.29, 0.717) is 29.4 Å². The summed E-state index contributed by atoms with van der Waals surface area (Å²) in [5.41, 5.74) is 1.24. The molecule has 2 heterocycles. The number of aryl methyl sites for hydroxylation is 1. The number of carbonyl (C=O) groups excluding carboxylic acids is 1. The maximum atomic E-state index is 12.5. The molecule has 0 bridgehead atoms. The number of methoxy groups -OCH3 is 3. The molecule has 1 aromatic carbocycles. The molecule has 0 aliphatic heterocycles. The van der Waals surface area contributed by atoms with Crippen molar-refractivity contribution in [3.8, 4) is 28.6 Å². The van der Waals surface area contributed by atoms with Crippen molar-refractivity contribution in [2.24, 2.45) is 0 Å². The van der Waals surface area contributed by atoms with Crippen LogP contribution < -0.4 is 25.1 Å². The SMILES string of the molecule is COc1cc(-c2nnc(CCC(=O)NCc3ccncc3)c(=O)[nH]2)cc(OC)c1OC. The van der Waals surface area contributed by atoms with Crippen molar-refractivity contribution in [2.75, 3.05) is 21.3 Å². The van der Waals surface area contributed by atoms with Gasteiger partial charge >= 0.3 is 0 Å². The number of aromatic amines is 1. The van der Waals surface area contributed by atoms with E-state index in [9.17, 15) is 9.59 Å². The first kappa shape index (κ1) is 21.8. The number of amides is 1. The second kappa shape index (κ2) is 10.2. The minimum absolute atomic E-state index is 0.117. The van der Waals surface area contributed by atoms with E-state index in [1.165, 1.54) is 21.3 Å². The molecule has 1 amide bonds. The van der Waals surface area contributed by atoms with Gasteiger partial charge in [-0.1, -0.05) is 0 Å². The number of nitrogens with one attached hydrogen (secondary N) is 2. The van der Waals surface area contributed by atoms with Gasteiger partial charge in [-0.25, -0.2) is 0 Å². The molecule has 162 valence electrons. The molecule has 0 saturated heterocycles. The van der Waals surface area contributed by atoms with Crippen molar-refractivity contribution >= 4 is 5.91 Å². The van der Waals surface area contributed by atoms with Crippen LogP contribution in [0.2, 0.25) is 0 Å². The molecular formula is C21H23N5O5. The Morgan fingerprint density at radius 3 is 2.29 bits per heavy atom. The fourth-order valence-electron chi connectivity index (χ4n) is 2.89. The highest BCUT2D eigenvalue weighted by Crippen LogP contribution is 2.40. The van der Waals surface area contributed by atoms with E-state index in [2.05, 4.69) is 25.5 Å². The van der Waals surface area contributed by atoms with E-state index < -0.39 is 5.56 Å². The van der Waals surface area contributed by atoms with Gasteiger partial charge < -0.3 is 24.5 Å². The van der Waals surface area contributed by atoms with Crippen molar-refractivity contribution in [3.63, 3.8) is 0 Å². The summed E-state index contributed by atoms with van der Waals surface area (Å²) in [5.74, 6) is 1.34. The Morgan fingerprint density at radius 1 is 1.03 bits per heavy atom. The van der Waals surface area contributed by atoms with Gasteiger partial charge in [0, 0.05) is 37.3 Å². The lowest BCUT2D eigenvalue weighted by Gasteiger charge is -2.13. The third-order valence-electron chi connectivity index (χ3n) is 4.53. The predicted molar refractivity (Wildman–Crippen MR) is 112 cm³/mol. The minimum Gasteiger partial charge on any atom is -0.493 e. The summed E-state index contributed by atoms with van der Waals surface area (Å²) < 4.78 is 15.9. The van der Waals surface area contributed by atoms with Crippen LogP contribution in [-0.2, 0) is 17.8 Å². The highest BCUT2D eigenvalue weighted by atomic mass is 16.5. The van der Waals surface area contributed by atoms with Crippen molar-refractivity contribution in [1.29, 1.82) is 0 Å². The van der Waals surface area contributed by atoms with Gasteiger partial charge in [-0.05, 0) is 29.8 Å². The highest BCUT2D eigenvalue weighted by molar-refractivity contribution is 5.76. The number of hydrogen-bond donors (Lipinski definition) is 2. The van der Waals surface area contributed by atoms with Crippen LogP contribution in [0.15, 0.2) is 41.5 Å². The molecule has 0 fully saturated rings. The molecule has 10 nitrogen and oxygen atoms in total. The van der Waals surface area contributed by atoms with Crippen LogP contribution in [0.1, 0.15) is 17.7 Å². The average Bonchev–Trinajstić information content (AvgIpc) is 2.81. The number of nitrogens with zero attached hydrogens (tertiary/aromatic N) is 3. The number of pyridine rings is 1. The molecule has 0 atom stereocenters. The van der Waals surface area contributed by atoms with Gasteiger partial charge in [-0.15, -0.1) is 10.2 Å². The van der Waals surface area contributed by atoms with Crippen LogP contribution in [-0.4, -0.2) is 47.4 Å². The molecule has 0 aliphatic rings. The van der Waals surface area contributed by atoms with Gasteiger partial charge in [-0.3, -0.25) is 14.6 Å². The summed E-state index contributed by atoms with van der Waals surface area (Å²) in [7, 11) is 4.50. The van der Waals surface area contributed by atoms with Crippen molar-refractivity contribution in [2.45, 2.75) is 19.4 Å². The summed E-state index contributed by atoms with van der Waals surface area (Å²) in [4.78, 5) is 31.1. The Morgan fingerprint density at radius 2 is 1.71 bits per heavy atom. The number of aromatic nitrogens is 4. The number of ether oxygens (including phenoxy) is 3. The van der Waals surface area contributed by atoms with Gasteiger partial charge in [0.15, 0.2) is 17.3 Å². The maximum Gasteiger partial charge on any atom is 0.273 e. The third-order valence-corrected chi connectivity index (χ3v) is 4.53. The van der Waals surface area contributed by atoms with Crippen molar-refractivity contribution in [3.05, 3.63) is 58.3 Å². The fourth-order valence-corrected chi connectivity index (χ4v) is 2.89. The molecule has 2 N–H and O–H groups in total. The first-order valence-electron chi connectivity index (χ1n) is 9.47. The van der Waals surface area contributed by atoms with Crippen molar-refractivity contribution in [1.82, 2.24) is 25.5 Å². The number of H-pyrrole nitrogens is 1. The molecule has 3 rings (SSSR count). The molecule has 3 aromatic rings. The van der Waals surface area contributed by atoms with Crippen molar-refractivity contribution < 1.29 is 19.0 Å². The maximum absolute atomic E-state index is 12.5. The highest BCUT2D eigenvalue weighted by Gasteiger charge is 2.16. The molecule has 0 unspecified atom stereocenters. The van der Waals surface area contributed by atoms with E-state index in [1.54, 1.807) is 24.5 Å². The number of benzene rings is 1. The smallest absolute Gasteiger partial charge is 0.273 e. The van der Waals surface area contributed by atoms with Gasteiger partial charge in [0.05, 0.1) is 21.3 Å². The first-order chi connectivity index (χ1) is 15.0. The van der Waals surface area contributed by atoms with Crippen LogP contribution in [0.4, 0.5) is 0 Å². The van der Waals surface area contributed by atoms with Crippen LogP contribution in [0, 0.1) is 0 Å². The molecular weight excluding hydrogens is 402 g/mol. The summed E-state index contributed by atoms with van der Waals surface area (Å²) in [5, 5.41) is 10.9. The van der Waals surface area contributed by atoms with E-state index in [-0.39, 0.29) is 30.3 Å². The minimum atomic E-state index is -0.416. The lowest BCUT2D eigenvalue weighted by atomic mass is 10.1. The number of carbonyl (C=O) groups is 1. The number of rotatable bonds is 9. The molecule has 0 spiro atoms. The van der Waals surface area contributed by atoms with Crippen LogP contribution in [0.3, 0.4) is 0 Å². The van der Waals surface area contributed by atoms with E-state index in [1.807, 2.05) is 12.1 Å². The van der Waals surface area contributed by atoms with Crippen LogP contribution in [0.5, 0.6) is 17.2 Å². The van der Waals surface area contributed by atoms with Gasteiger partial charge in [0.25, 0.3) is 5.56 Å². The largest absolute Gasteiger partial charge is 0.493 e. The van der Waals surface area contributed by atoms with Gasteiger partial charge in [-0.2, -0.15) is 0 Å². The molecule has 0 saturated carbocycles. The fraction of sp³-hybridized carbons (Fsp3) is 0.286. The van der Waals surface area contributed by atoms with Gasteiger partial charge in [0.2, 0.25) is 11.7 Å². The Labute approximate surface area is 178 Å². The van der Waals surface area contributed by atoms with E-state index in [4.69, 9.17) is 14.2 Å². The zero-order valence-corrected chi connectivity index (χ0v) is 17.5. The zero-order valence-electron chi connectivity index (χ0n) is 17.5. The topological polar surface area (TPSA) is 128 Å². The second-order valence-corrected chi connectivity index (χ2v) is 6.50. The van der Waals surface area contributed by atoms with E-state index >= 15 is 0 Å². The molecule has 0 aliphatic carbocycles. The Balaban J connectivity index is 1.69. The first-order valence-corrected chi connectivity index (χ1v) is 9.47.